The second-order valence-electron chi connectivity index (χ2n) is 6.76. The maximum Gasteiger partial charge on any atom is 0.275 e. The Labute approximate surface area is 159 Å². The van der Waals surface area contributed by atoms with Gasteiger partial charge in [0.05, 0.1) is 6.54 Å². The highest BCUT2D eigenvalue weighted by Crippen LogP contribution is 2.23. The number of sulfonamides is 1. The van der Waals surface area contributed by atoms with Gasteiger partial charge in [-0.2, -0.15) is 0 Å². The molecule has 0 aromatic carbocycles. The molecular formula is C18H24N4O4S. The number of rotatable bonds is 6. The highest BCUT2D eigenvalue weighted by molar-refractivity contribution is 7.88. The van der Waals surface area contributed by atoms with Crippen LogP contribution in [-0.2, 0) is 21.4 Å². The summed E-state index contributed by atoms with van der Waals surface area (Å²) in [4.78, 5) is 18.6. The van der Waals surface area contributed by atoms with Crippen molar-refractivity contribution in [3.05, 3.63) is 42.3 Å². The van der Waals surface area contributed by atoms with E-state index in [-0.39, 0.29) is 16.9 Å². The first-order valence-electron chi connectivity index (χ1n) is 8.82. The lowest BCUT2D eigenvalue weighted by atomic mass is 9.96. The van der Waals surface area contributed by atoms with Gasteiger partial charge in [0.2, 0.25) is 11.0 Å². The molecule has 9 heteroatoms. The first-order chi connectivity index (χ1) is 12.9. The van der Waals surface area contributed by atoms with Gasteiger partial charge in [0.25, 0.3) is 10.0 Å². The molecule has 3 rings (SSSR count). The zero-order valence-corrected chi connectivity index (χ0v) is 16.3. The summed E-state index contributed by atoms with van der Waals surface area (Å²) in [6, 6.07) is 8.58. The first kappa shape index (κ1) is 19.5. The molecule has 0 unspecified atom stereocenters. The van der Waals surface area contributed by atoms with E-state index in [1.165, 1.54) is 20.2 Å². The summed E-state index contributed by atoms with van der Waals surface area (Å²) in [7, 11) is -0.616. The highest BCUT2D eigenvalue weighted by Gasteiger charge is 2.27. The van der Waals surface area contributed by atoms with Crippen LogP contribution in [0, 0.1) is 5.92 Å². The SMILES string of the molecule is CN(C)S(=O)(=O)c1ccc(CN2CCC(C(=O)Nc3ccccn3)CC2)o1. The van der Waals surface area contributed by atoms with E-state index in [1.54, 1.807) is 24.4 Å². The number of hydrogen-bond donors (Lipinski definition) is 1. The van der Waals surface area contributed by atoms with Crippen molar-refractivity contribution >= 4 is 21.7 Å². The van der Waals surface area contributed by atoms with Crippen LogP contribution in [0.25, 0.3) is 0 Å². The molecule has 0 aliphatic carbocycles. The zero-order chi connectivity index (χ0) is 19.4. The number of likely N-dealkylation sites (tertiary alicyclic amines) is 1. The minimum Gasteiger partial charge on any atom is -0.447 e. The van der Waals surface area contributed by atoms with E-state index >= 15 is 0 Å². The van der Waals surface area contributed by atoms with Crippen LogP contribution in [0.4, 0.5) is 5.82 Å². The molecule has 3 heterocycles. The van der Waals surface area contributed by atoms with Gasteiger partial charge in [-0.15, -0.1) is 0 Å². The number of nitrogens with one attached hydrogen (secondary N) is 1. The van der Waals surface area contributed by atoms with Crippen LogP contribution in [0.2, 0.25) is 0 Å². The molecule has 0 saturated carbocycles. The number of aromatic nitrogens is 1. The number of pyridine rings is 1. The van der Waals surface area contributed by atoms with Gasteiger partial charge >= 0.3 is 0 Å². The second kappa shape index (κ2) is 8.20. The van der Waals surface area contributed by atoms with Crippen molar-refractivity contribution < 1.29 is 17.6 Å². The Morgan fingerprint density at radius 3 is 2.63 bits per heavy atom. The van der Waals surface area contributed by atoms with E-state index in [4.69, 9.17) is 4.42 Å². The standard InChI is InChI=1S/C18H24N4O4S/c1-21(2)27(24,25)17-7-6-15(26-17)13-22-11-8-14(9-12-22)18(23)20-16-5-3-4-10-19-16/h3-7,10,14H,8-9,11-13H2,1-2H3,(H,19,20,23). The van der Waals surface area contributed by atoms with Gasteiger partial charge < -0.3 is 9.73 Å². The molecule has 8 nitrogen and oxygen atoms in total. The summed E-state index contributed by atoms with van der Waals surface area (Å²) in [5, 5.41) is 2.80. The molecule has 146 valence electrons. The third-order valence-corrected chi connectivity index (χ3v) is 6.32. The lowest BCUT2D eigenvalue weighted by Crippen LogP contribution is -2.37. The van der Waals surface area contributed by atoms with Crippen LogP contribution < -0.4 is 5.32 Å². The number of anilines is 1. The van der Waals surface area contributed by atoms with Gasteiger partial charge in [-0.25, -0.2) is 17.7 Å². The van der Waals surface area contributed by atoms with E-state index in [0.29, 0.717) is 18.1 Å². The van der Waals surface area contributed by atoms with Crippen molar-refractivity contribution in [2.24, 2.45) is 5.92 Å². The average molecular weight is 392 g/mol. The summed E-state index contributed by atoms with van der Waals surface area (Å²) < 4.78 is 30.8. The van der Waals surface area contributed by atoms with E-state index in [0.717, 1.165) is 30.2 Å². The summed E-state index contributed by atoms with van der Waals surface area (Å²) in [6.07, 6.45) is 3.12. The molecular weight excluding hydrogens is 368 g/mol. The molecule has 2 aromatic heterocycles. The van der Waals surface area contributed by atoms with Gasteiger partial charge in [-0.1, -0.05) is 6.07 Å². The van der Waals surface area contributed by atoms with Crippen LogP contribution in [0.15, 0.2) is 46.0 Å². The number of amides is 1. The quantitative estimate of drug-likeness (QED) is 0.805. The maximum absolute atomic E-state index is 12.4. The second-order valence-corrected chi connectivity index (χ2v) is 8.85. The van der Waals surface area contributed by atoms with E-state index in [1.807, 2.05) is 6.07 Å². The number of carbonyl (C=O) groups is 1. The monoisotopic (exact) mass is 392 g/mol. The molecule has 0 spiro atoms. The zero-order valence-electron chi connectivity index (χ0n) is 15.5. The number of nitrogens with zero attached hydrogens (tertiary/aromatic N) is 3. The molecule has 1 aliphatic heterocycles. The normalized spacial score (nSPS) is 16.6. The predicted octanol–water partition coefficient (Wildman–Crippen LogP) is 1.78. The molecule has 1 amide bonds. The Balaban J connectivity index is 1.51. The first-order valence-corrected chi connectivity index (χ1v) is 10.3. The maximum atomic E-state index is 12.4. The number of carbonyl (C=O) groups excluding carboxylic acids is 1. The fourth-order valence-electron chi connectivity index (χ4n) is 3.00. The van der Waals surface area contributed by atoms with Gasteiger partial charge in [0, 0.05) is 26.2 Å². The fourth-order valence-corrected chi connectivity index (χ4v) is 3.81. The lowest BCUT2D eigenvalue weighted by Gasteiger charge is -2.30. The van der Waals surface area contributed by atoms with Crippen molar-refractivity contribution in [2.75, 3.05) is 32.5 Å². The van der Waals surface area contributed by atoms with Crippen molar-refractivity contribution in [1.29, 1.82) is 0 Å². The largest absolute Gasteiger partial charge is 0.447 e. The third-order valence-electron chi connectivity index (χ3n) is 4.63. The van der Waals surface area contributed by atoms with Crippen molar-refractivity contribution in [1.82, 2.24) is 14.2 Å². The Bertz CT molecular complexity index is 872. The Hall–Kier alpha value is -2.23. The minimum absolute atomic E-state index is 0.00860. The topological polar surface area (TPSA) is 95.8 Å². The molecule has 1 aliphatic rings. The molecule has 0 bridgehead atoms. The summed E-state index contributed by atoms with van der Waals surface area (Å²) in [5.41, 5.74) is 0. The van der Waals surface area contributed by atoms with E-state index in [9.17, 15) is 13.2 Å². The van der Waals surface area contributed by atoms with Gasteiger partial charge in [0.15, 0.2) is 0 Å². The summed E-state index contributed by atoms with van der Waals surface area (Å²) in [5.74, 6) is 1.11. The predicted molar refractivity (Wildman–Crippen MR) is 100 cm³/mol. The molecule has 27 heavy (non-hydrogen) atoms. The Morgan fingerprint density at radius 1 is 1.26 bits per heavy atom. The van der Waals surface area contributed by atoms with Gasteiger partial charge in [0.1, 0.15) is 11.6 Å². The fraction of sp³-hybridized carbons (Fsp3) is 0.444. The third kappa shape index (κ3) is 4.74. The number of piperidine rings is 1. The average Bonchev–Trinajstić information content (AvgIpc) is 3.12. The van der Waals surface area contributed by atoms with Gasteiger partial charge in [-0.05, 0) is 50.2 Å². The van der Waals surface area contributed by atoms with Crippen molar-refractivity contribution in [3.63, 3.8) is 0 Å². The number of furan rings is 1. The van der Waals surface area contributed by atoms with Crippen LogP contribution >= 0.6 is 0 Å². The summed E-state index contributed by atoms with van der Waals surface area (Å²) >= 11 is 0. The molecule has 1 fully saturated rings. The van der Waals surface area contributed by atoms with E-state index < -0.39 is 10.0 Å². The smallest absolute Gasteiger partial charge is 0.275 e. The van der Waals surface area contributed by atoms with Crippen LogP contribution in [0.5, 0.6) is 0 Å². The molecule has 1 saturated heterocycles. The minimum atomic E-state index is -3.56. The van der Waals surface area contributed by atoms with Gasteiger partial charge in [-0.3, -0.25) is 9.69 Å². The Morgan fingerprint density at radius 2 is 2.00 bits per heavy atom. The van der Waals surface area contributed by atoms with Crippen LogP contribution in [-0.4, -0.2) is 55.7 Å². The lowest BCUT2D eigenvalue weighted by molar-refractivity contribution is -0.121. The highest BCUT2D eigenvalue weighted by atomic mass is 32.2. The summed E-state index contributed by atoms with van der Waals surface area (Å²) in [6.45, 7) is 2.02. The van der Waals surface area contributed by atoms with E-state index in [2.05, 4.69) is 15.2 Å². The van der Waals surface area contributed by atoms with Crippen molar-refractivity contribution in [2.45, 2.75) is 24.5 Å². The molecule has 1 N–H and O–H groups in total. The van der Waals surface area contributed by atoms with Crippen LogP contribution in [0.1, 0.15) is 18.6 Å². The molecule has 0 radical (unpaired) electrons. The Kier molecular flexibility index (Phi) is 5.93. The number of hydrogen-bond acceptors (Lipinski definition) is 6. The molecule has 0 atom stereocenters. The van der Waals surface area contributed by atoms with Crippen molar-refractivity contribution in [3.8, 4) is 0 Å². The van der Waals surface area contributed by atoms with Crippen LogP contribution in [0.3, 0.4) is 0 Å². The molecule has 2 aromatic rings.